The molecule has 34 heavy (non-hydrogen) atoms. The molecule has 1 fully saturated rings. The molecule has 1 aliphatic carbocycles. The lowest BCUT2D eigenvalue weighted by Crippen LogP contribution is -2.42. The Hall–Kier alpha value is -3.33. The quantitative estimate of drug-likeness (QED) is 0.526. The fraction of sp³-hybridized carbons (Fsp3) is 0.480. The van der Waals surface area contributed by atoms with Crippen LogP contribution in [-0.4, -0.2) is 49.2 Å². The van der Waals surface area contributed by atoms with E-state index >= 15 is 0 Å². The van der Waals surface area contributed by atoms with Gasteiger partial charge in [-0.3, -0.25) is 14.1 Å². The summed E-state index contributed by atoms with van der Waals surface area (Å²) in [6.07, 6.45) is 13.7. The summed E-state index contributed by atoms with van der Waals surface area (Å²) in [6.45, 7) is 2.72. The maximum absolute atomic E-state index is 13.7. The fourth-order valence-electron chi connectivity index (χ4n) is 5.04. The number of methoxy groups -OCH3 is 1. The van der Waals surface area contributed by atoms with Crippen LogP contribution in [0.1, 0.15) is 56.3 Å². The Morgan fingerprint density at radius 2 is 2.21 bits per heavy atom. The molecule has 3 atom stereocenters. The van der Waals surface area contributed by atoms with Gasteiger partial charge in [0, 0.05) is 48.9 Å². The first-order chi connectivity index (χ1) is 16.6. The number of unbranched alkanes of at least 4 members (excludes halogenated alkanes) is 1. The van der Waals surface area contributed by atoms with Gasteiger partial charge in [0.2, 0.25) is 5.82 Å². The number of hydrogen-bond donors (Lipinski definition) is 1. The van der Waals surface area contributed by atoms with Crippen LogP contribution in [0.2, 0.25) is 0 Å². The van der Waals surface area contributed by atoms with Gasteiger partial charge in [-0.2, -0.15) is 5.21 Å². The maximum Gasteiger partial charge on any atom is 0.328 e. The Kier molecular flexibility index (Phi) is 6.28. The predicted octanol–water partition coefficient (Wildman–Crippen LogP) is 3.45. The number of aryl methyl sites for hydroxylation is 1. The Morgan fingerprint density at radius 1 is 1.29 bits per heavy atom. The van der Waals surface area contributed by atoms with E-state index in [0.717, 1.165) is 48.9 Å². The number of hydrogen-bond acceptors (Lipinski definition) is 6. The van der Waals surface area contributed by atoms with Crippen molar-refractivity contribution in [1.29, 1.82) is 0 Å². The first-order valence-electron chi connectivity index (χ1n) is 12.0. The van der Waals surface area contributed by atoms with Crippen LogP contribution < -0.4 is 5.69 Å². The zero-order valence-electron chi connectivity index (χ0n) is 19.7. The summed E-state index contributed by atoms with van der Waals surface area (Å²) in [5.74, 6) is 0.549. The number of aromatic nitrogens is 6. The Morgan fingerprint density at radius 3 is 2.88 bits per heavy atom. The molecule has 2 aliphatic rings. The molecular weight excluding hydrogens is 430 g/mol. The maximum atomic E-state index is 13.7. The van der Waals surface area contributed by atoms with Gasteiger partial charge in [0.25, 0.3) is 0 Å². The molecule has 1 N–H and O–H groups in total. The number of rotatable bonds is 9. The van der Waals surface area contributed by atoms with Crippen molar-refractivity contribution in [2.75, 3.05) is 7.11 Å². The molecule has 1 aromatic carbocycles. The molecule has 0 amide bonds. The lowest BCUT2D eigenvalue weighted by Gasteiger charge is -2.35. The largest absolute Gasteiger partial charge is 0.379 e. The number of tetrazole rings is 1. The van der Waals surface area contributed by atoms with E-state index in [9.17, 15) is 4.79 Å². The van der Waals surface area contributed by atoms with E-state index in [-0.39, 0.29) is 17.8 Å². The van der Waals surface area contributed by atoms with Gasteiger partial charge < -0.3 is 4.74 Å². The molecule has 5 rings (SSSR count). The topological polar surface area (TPSA) is 103 Å². The van der Waals surface area contributed by atoms with Gasteiger partial charge >= 0.3 is 5.69 Å². The fourth-order valence-corrected chi connectivity index (χ4v) is 5.04. The molecule has 0 spiro atoms. The number of benzene rings is 1. The van der Waals surface area contributed by atoms with Crippen molar-refractivity contribution in [2.24, 2.45) is 4.99 Å². The number of aliphatic imine (C=N–C) groups is 1. The van der Waals surface area contributed by atoms with Crippen molar-refractivity contribution in [1.82, 2.24) is 29.8 Å². The van der Waals surface area contributed by atoms with E-state index in [4.69, 9.17) is 4.74 Å². The summed E-state index contributed by atoms with van der Waals surface area (Å²) in [4.78, 5) is 18.1. The minimum atomic E-state index is -0.404. The second-order valence-electron chi connectivity index (χ2n) is 9.24. The first-order valence-corrected chi connectivity index (χ1v) is 12.0. The van der Waals surface area contributed by atoms with Crippen molar-refractivity contribution in [2.45, 2.75) is 69.6 Å². The van der Waals surface area contributed by atoms with E-state index in [0.29, 0.717) is 18.8 Å². The molecule has 0 radical (unpaired) electrons. The van der Waals surface area contributed by atoms with Crippen LogP contribution in [0.5, 0.6) is 0 Å². The number of nitrogens with one attached hydrogen (secondary N) is 1. The van der Waals surface area contributed by atoms with Gasteiger partial charge in [-0.05, 0) is 48.9 Å². The van der Waals surface area contributed by atoms with Crippen molar-refractivity contribution in [3.63, 3.8) is 0 Å². The number of H-pyrrole nitrogens is 1. The third-order valence-electron chi connectivity index (χ3n) is 7.23. The van der Waals surface area contributed by atoms with Gasteiger partial charge in [0.15, 0.2) is 0 Å². The second-order valence-corrected chi connectivity index (χ2v) is 9.24. The third kappa shape index (κ3) is 4.04. The van der Waals surface area contributed by atoms with Crippen molar-refractivity contribution >= 4 is 6.21 Å². The molecule has 0 saturated heterocycles. The molecule has 0 bridgehead atoms. The molecule has 1 saturated carbocycles. The Labute approximate surface area is 198 Å². The van der Waals surface area contributed by atoms with Crippen LogP contribution in [0.4, 0.5) is 0 Å². The second kappa shape index (κ2) is 9.50. The molecule has 178 valence electrons. The van der Waals surface area contributed by atoms with Crippen LogP contribution in [0.3, 0.4) is 0 Å². The Balaban J connectivity index is 1.56. The highest BCUT2D eigenvalue weighted by atomic mass is 16.5. The summed E-state index contributed by atoms with van der Waals surface area (Å²) in [5.41, 5.74) is 2.70. The normalized spacial score (nSPS) is 23.8. The average Bonchev–Trinajstić information content (AvgIpc) is 3.48. The van der Waals surface area contributed by atoms with Crippen LogP contribution in [0, 0.1) is 0 Å². The van der Waals surface area contributed by atoms with Gasteiger partial charge in [-0.15, -0.1) is 10.2 Å². The minimum Gasteiger partial charge on any atom is -0.379 e. The monoisotopic (exact) mass is 461 g/mol. The highest BCUT2D eigenvalue weighted by Gasteiger charge is 2.37. The summed E-state index contributed by atoms with van der Waals surface area (Å²) < 4.78 is 9.50. The molecule has 1 aliphatic heterocycles. The third-order valence-corrected chi connectivity index (χ3v) is 7.23. The zero-order chi connectivity index (χ0) is 23.5. The van der Waals surface area contributed by atoms with Gasteiger partial charge in [0.1, 0.15) is 0 Å². The number of aromatic amines is 1. The number of imidazole rings is 1. The van der Waals surface area contributed by atoms with Crippen LogP contribution in [0.15, 0.2) is 52.5 Å². The predicted molar refractivity (Wildman–Crippen MR) is 130 cm³/mol. The molecule has 9 nitrogen and oxygen atoms in total. The number of allylic oxidation sites excluding steroid dienone is 1. The highest BCUT2D eigenvalue weighted by Crippen LogP contribution is 2.37. The van der Waals surface area contributed by atoms with E-state index in [1.54, 1.807) is 7.11 Å². The summed E-state index contributed by atoms with van der Waals surface area (Å²) in [7, 11) is 1.73. The first kappa shape index (κ1) is 22.5. The molecule has 2 aromatic heterocycles. The van der Waals surface area contributed by atoms with E-state index in [2.05, 4.69) is 56.9 Å². The average molecular weight is 462 g/mol. The molecular formula is C25H31N7O2. The smallest absolute Gasteiger partial charge is 0.328 e. The lowest BCUT2D eigenvalue weighted by molar-refractivity contribution is -0.0105. The van der Waals surface area contributed by atoms with Crippen molar-refractivity contribution < 1.29 is 4.74 Å². The zero-order valence-corrected chi connectivity index (χ0v) is 19.7. The molecule has 3 unspecified atom stereocenters. The van der Waals surface area contributed by atoms with Crippen molar-refractivity contribution in [3.8, 4) is 11.4 Å². The molecule has 3 heterocycles. The number of ether oxygens (including phenoxy) is 1. The summed E-state index contributed by atoms with van der Waals surface area (Å²) in [6, 6.07) is 8.29. The van der Waals surface area contributed by atoms with E-state index < -0.39 is 5.41 Å². The van der Waals surface area contributed by atoms with Crippen LogP contribution in [-0.2, 0) is 23.1 Å². The standard InChI is InChI=1S/C25H31N7O2/c1-3-4-8-20-16-31(21-9-10-22(21)34-2)24(33)32(20)17-25(11-13-26-14-12-25)19-7-5-6-18(15-19)23-27-29-30-28-23/h5-7,11,13-16,21-22H,3-4,8-10,12,17H2,1-2H3,(H,27,28,29,30). The highest BCUT2D eigenvalue weighted by molar-refractivity contribution is 5.65. The summed E-state index contributed by atoms with van der Waals surface area (Å²) in [5, 5.41) is 14.5. The SMILES string of the molecule is CCCCc1cn(C2CCC2OC)c(=O)n1CC1(c2cccc(-c3nn[nH]n3)c2)C=CN=CC1. The van der Waals surface area contributed by atoms with Gasteiger partial charge in [-0.1, -0.05) is 37.6 Å². The minimum absolute atomic E-state index is 0.0439. The lowest BCUT2D eigenvalue weighted by atomic mass is 9.76. The van der Waals surface area contributed by atoms with E-state index in [1.807, 2.05) is 33.7 Å². The van der Waals surface area contributed by atoms with E-state index in [1.165, 1.54) is 0 Å². The molecule has 9 heteroatoms. The number of nitrogens with zero attached hydrogens (tertiary/aromatic N) is 6. The Bertz CT molecular complexity index is 1240. The van der Waals surface area contributed by atoms with Crippen LogP contribution in [0.25, 0.3) is 11.4 Å². The summed E-state index contributed by atoms with van der Waals surface area (Å²) >= 11 is 0. The van der Waals surface area contributed by atoms with Gasteiger partial charge in [0.05, 0.1) is 12.1 Å². The van der Waals surface area contributed by atoms with Crippen molar-refractivity contribution in [3.05, 3.63) is 64.5 Å². The van der Waals surface area contributed by atoms with Gasteiger partial charge in [-0.25, -0.2) is 4.79 Å². The van der Waals surface area contributed by atoms with Crippen LogP contribution >= 0.6 is 0 Å². The molecule has 3 aromatic rings.